The predicted molar refractivity (Wildman–Crippen MR) is 40.1 cm³/mol. The van der Waals surface area contributed by atoms with Gasteiger partial charge in [-0.25, -0.2) is 4.79 Å². The molecule has 0 atom stereocenters. The van der Waals surface area contributed by atoms with Crippen molar-refractivity contribution in [2.75, 3.05) is 0 Å². The molecule has 0 bridgehead atoms. The van der Waals surface area contributed by atoms with Crippen LogP contribution < -0.4 is 0 Å². The highest BCUT2D eigenvalue weighted by molar-refractivity contribution is 5.87. The topological polar surface area (TPSA) is 80.4 Å². The van der Waals surface area contributed by atoms with Crippen LogP contribution in [0.15, 0.2) is 24.3 Å². The highest BCUT2D eigenvalue weighted by Crippen LogP contribution is 2.11. The lowest BCUT2D eigenvalue weighted by Crippen LogP contribution is -1.96. The quantitative estimate of drug-likeness (QED) is 0.415. The van der Waals surface area contributed by atoms with E-state index in [-0.39, 0.29) is 11.3 Å². The summed E-state index contributed by atoms with van der Waals surface area (Å²) >= 11 is 0. The molecule has 5 nitrogen and oxygen atoms in total. The lowest BCUT2D eigenvalue weighted by atomic mass is 10.9. The van der Waals surface area contributed by atoms with Gasteiger partial charge in [-0.3, -0.25) is 10.1 Å². The maximum Gasteiger partial charge on any atom is 0.335 e. The van der Waals surface area contributed by atoms with E-state index in [0.29, 0.717) is 0 Å². The van der Waals surface area contributed by atoms with Crippen molar-refractivity contribution in [1.29, 1.82) is 0 Å². The Balaban J connectivity index is 3.01. The van der Waals surface area contributed by atoms with Gasteiger partial charge in [-0.05, 0) is 12.1 Å². The number of carboxylic acids is 1. The number of hydrogen-bond acceptors (Lipinski definition) is 3. The third-order valence-electron chi connectivity index (χ3n) is 1.33. The van der Waals surface area contributed by atoms with E-state index < -0.39 is 10.9 Å². The van der Waals surface area contributed by atoms with Gasteiger partial charge in [0.05, 0.1) is 10.5 Å². The number of carbonyl (C=O) groups is 1. The van der Waals surface area contributed by atoms with Crippen molar-refractivity contribution < 1.29 is 14.8 Å². The summed E-state index contributed by atoms with van der Waals surface area (Å²) in [6.07, 6.45) is 0. The Hall–Kier alpha value is -1.91. The molecule has 1 N–H and O–H groups in total. The smallest absolute Gasteiger partial charge is 0.335 e. The van der Waals surface area contributed by atoms with Crippen LogP contribution in [0, 0.1) is 10.1 Å². The normalized spacial score (nSPS) is 9.33. The predicted octanol–water partition coefficient (Wildman–Crippen LogP) is 1.29. The van der Waals surface area contributed by atoms with Crippen LogP contribution in [0.1, 0.15) is 10.4 Å². The summed E-state index contributed by atoms with van der Waals surface area (Å²) in [5.41, 5.74) is -0.0689. The number of hydrogen-bond donors (Lipinski definition) is 1. The van der Waals surface area contributed by atoms with Crippen LogP contribution in [-0.4, -0.2) is 16.0 Å². The summed E-state index contributed by atoms with van der Waals surface area (Å²) in [6.45, 7) is 0. The Morgan fingerprint density at radius 1 is 1.33 bits per heavy atom. The van der Waals surface area contributed by atoms with Gasteiger partial charge in [0.1, 0.15) is 0 Å². The lowest BCUT2D eigenvalue weighted by molar-refractivity contribution is -0.384. The fraction of sp³-hybridized carbons (Fsp3) is 0. The Bertz CT molecular complexity index is 284. The summed E-state index contributed by atoms with van der Waals surface area (Å²) in [5.74, 6) is -1.09. The molecule has 0 saturated carbocycles. The highest BCUT2D eigenvalue weighted by atomic mass is 16.6. The van der Waals surface area contributed by atoms with E-state index >= 15 is 0 Å². The Morgan fingerprint density at radius 2 is 1.83 bits per heavy atom. The Kier molecular flexibility index (Phi) is 2.05. The first-order valence-corrected chi connectivity index (χ1v) is 3.09. The van der Waals surface area contributed by atoms with Crippen LogP contribution in [0.2, 0.25) is 0 Å². The first-order valence-electron chi connectivity index (χ1n) is 3.09. The zero-order chi connectivity index (χ0) is 9.14. The first-order chi connectivity index (χ1) is 5.61. The molecule has 0 amide bonds. The zero-order valence-corrected chi connectivity index (χ0v) is 5.93. The van der Waals surface area contributed by atoms with Crippen LogP contribution >= 0.6 is 0 Å². The molecular weight excluding hydrogens is 168 g/mol. The van der Waals surface area contributed by atoms with Crippen molar-refractivity contribution in [3.8, 4) is 0 Å². The number of carboxylic acid groups (broad SMARTS) is 1. The van der Waals surface area contributed by atoms with Crippen molar-refractivity contribution in [1.82, 2.24) is 0 Å². The molecule has 0 saturated heterocycles. The van der Waals surface area contributed by atoms with Crippen LogP contribution in [-0.2, 0) is 0 Å². The highest BCUT2D eigenvalue weighted by Gasteiger charge is 2.06. The summed E-state index contributed by atoms with van der Waals surface area (Å²) in [7, 11) is 0. The number of rotatable bonds is 2. The third-order valence-corrected chi connectivity index (χ3v) is 1.33. The average molecular weight is 173 g/mol. The van der Waals surface area contributed by atoms with Gasteiger partial charge in [0, 0.05) is 12.1 Å². The van der Waals surface area contributed by atoms with E-state index in [1.807, 2.05) is 0 Å². The van der Waals surface area contributed by atoms with Crippen molar-refractivity contribution >= 4 is 11.7 Å². The van der Waals surface area contributed by atoms with Crippen molar-refractivity contribution in [3.63, 3.8) is 0 Å². The molecule has 0 fully saturated rings. The molecule has 0 aliphatic rings. The summed E-state index contributed by atoms with van der Waals surface area (Å²) in [6, 6.07) is 4.70. The molecule has 12 heavy (non-hydrogen) atoms. The number of benzene rings is 1. The van der Waals surface area contributed by atoms with E-state index in [2.05, 4.69) is 0 Å². The molecule has 1 aromatic rings. The van der Waals surface area contributed by atoms with Crippen LogP contribution in [0.5, 0.6) is 0 Å². The summed E-state index contributed by atoms with van der Waals surface area (Å²) in [5, 5.41) is 18.6. The molecule has 5 heteroatoms. The van der Waals surface area contributed by atoms with Crippen molar-refractivity contribution in [3.05, 3.63) is 39.9 Å². The standard InChI is InChI=1S/C7H5NO4/c9-7(10)5-1-3-6(4-2-5)8(11)12/h1-4H,(H,9,10)/i1+1,3+1,4+1,5+1,6+1,7+1. The maximum absolute atomic E-state index is 10.3. The fourth-order valence-electron chi connectivity index (χ4n) is 0.726. The van der Waals surface area contributed by atoms with Gasteiger partial charge in [-0.1, -0.05) is 0 Å². The van der Waals surface area contributed by atoms with Gasteiger partial charge < -0.3 is 5.11 Å². The molecule has 0 aliphatic carbocycles. The Morgan fingerprint density at radius 3 is 2.17 bits per heavy atom. The minimum Gasteiger partial charge on any atom is -0.478 e. The molecule has 0 spiro atoms. The van der Waals surface area contributed by atoms with Crippen molar-refractivity contribution in [2.45, 2.75) is 0 Å². The zero-order valence-electron chi connectivity index (χ0n) is 5.93. The van der Waals surface area contributed by atoms with E-state index in [0.717, 1.165) is 12.1 Å². The second-order valence-corrected chi connectivity index (χ2v) is 2.11. The molecule has 0 aromatic heterocycles. The van der Waals surface area contributed by atoms with E-state index in [1.165, 1.54) is 12.1 Å². The molecule has 0 heterocycles. The monoisotopic (exact) mass is 173 g/mol. The molecule has 1 rings (SSSR count). The number of nitro groups is 1. The molecular formula is C7H5NO4. The van der Waals surface area contributed by atoms with Gasteiger partial charge in [0.25, 0.3) is 5.69 Å². The van der Waals surface area contributed by atoms with Gasteiger partial charge in [0.2, 0.25) is 0 Å². The molecule has 0 radical (unpaired) electrons. The largest absolute Gasteiger partial charge is 0.478 e. The van der Waals surface area contributed by atoms with Crippen LogP contribution in [0.25, 0.3) is 0 Å². The summed E-state index contributed by atoms with van der Waals surface area (Å²) in [4.78, 5) is 19.9. The van der Waals surface area contributed by atoms with Crippen LogP contribution in [0.3, 0.4) is 0 Å². The van der Waals surface area contributed by atoms with E-state index in [1.54, 1.807) is 0 Å². The third kappa shape index (κ3) is 1.57. The SMILES string of the molecule is O=[13C](O)[13c]1c[13cH][13c]([N+](=O)[O-])[13cH][13cH]1. The first kappa shape index (κ1) is 8.19. The number of nitrogens with zero attached hydrogens (tertiary/aromatic N) is 1. The average Bonchev–Trinajstić information content (AvgIpc) is 2.04. The Labute approximate surface area is 67.4 Å². The van der Waals surface area contributed by atoms with Gasteiger partial charge in [-0.15, -0.1) is 0 Å². The molecule has 0 unspecified atom stereocenters. The number of non-ortho nitro benzene ring substituents is 1. The summed E-state index contributed by atoms with van der Waals surface area (Å²) < 4.78 is 0. The maximum atomic E-state index is 10.3. The van der Waals surface area contributed by atoms with Crippen molar-refractivity contribution in [2.24, 2.45) is 0 Å². The minimum absolute atomic E-state index is 0.0422. The van der Waals surface area contributed by atoms with E-state index in [9.17, 15) is 14.9 Å². The van der Waals surface area contributed by atoms with Gasteiger partial charge in [0.15, 0.2) is 0 Å². The second kappa shape index (κ2) is 3.00. The fourth-order valence-corrected chi connectivity index (χ4v) is 0.726. The molecule has 0 aliphatic heterocycles. The minimum atomic E-state index is -1.09. The number of aromatic carboxylic acids is 1. The second-order valence-electron chi connectivity index (χ2n) is 2.11. The lowest BCUT2D eigenvalue weighted by Gasteiger charge is -1.92. The van der Waals surface area contributed by atoms with Crippen LogP contribution in [0.4, 0.5) is 5.69 Å². The van der Waals surface area contributed by atoms with Gasteiger partial charge >= 0.3 is 5.97 Å². The molecule has 1 aromatic carbocycles. The molecule has 62 valence electrons. The van der Waals surface area contributed by atoms with E-state index in [4.69, 9.17) is 5.11 Å². The van der Waals surface area contributed by atoms with Gasteiger partial charge in [-0.2, -0.15) is 0 Å². The number of nitro benzene ring substituents is 1.